The van der Waals surface area contributed by atoms with Gasteiger partial charge in [-0.2, -0.15) is 0 Å². The molecule has 0 spiro atoms. The number of nitrogens with zero attached hydrogens (tertiary/aromatic N) is 2. The second-order valence-corrected chi connectivity index (χ2v) is 4.91. The smallest absolute Gasteiger partial charge is 0.306 e. The first-order valence-electron chi connectivity index (χ1n) is 6.70. The molecule has 1 aliphatic carbocycles. The maximum absolute atomic E-state index is 11.2. The molecule has 1 heterocycles. The van der Waals surface area contributed by atoms with Crippen LogP contribution in [0.15, 0.2) is 12.4 Å². The van der Waals surface area contributed by atoms with Gasteiger partial charge in [0, 0.05) is 25.5 Å². The number of hydrogen-bond donors (Lipinski definition) is 2. The van der Waals surface area contributed by atoms with Crippen molar-refractivity contribution in [3.05, 3.63) is 12.4 Å². The molecular weight excluding hydrogens is 230 g/mol. The van der Waals surface area contributed by atoms with Crippen molar-refractivity contribution in [2.45, 2.75) is 39.2 Å². The molecule has 1 aromatic heterocycles. The molecule has 5 nitrogen and oxygen atoms in total. The molecule has 18 heavy (non-hydrogen) atoms. The lowest BCUT2D eigenvalue weighted by Gasteiger charge is -2.28. The number of rotatable bonds is 5. The van der Waals surface area contributed by atoms with Gasteiger partial charge in [-0.15, -0.1) is 0 Å². The van der Waals surface area contributed by atoms with Gasteiger partial charge in [0.25, 0.3) is 0 Å². The van der Waals surface area contributed by atoms with Crippen LogP contribution in [0.2, 0.25) is 0 Å². The Kier molecular flexibility index (Phi) is 4.23. The summed E-state index contributed by atoms with van der Waals surface area (Å²) in [6, 6.07) is 0. The van der Waals surface area contributed by atoms with Crippen molar-refractivity contribution in [2.75, 3.05) is 11.9 Å². The molecule has 1 saturated carbocycles. The van der Waals surface area contributed by atoms with Crippen LogP contribution in [0.25, 0.3) is 0 Å². The molecule has 0 aromatic carbocycles. The summed E-state index contributed by atoms with van der Waals surface area (Å²) < 4.78 is 2.03. The maximum atomic E-state index is 11.2. The first kappa shape index (κ1) is 12.9. The van der Waals surface area contributed by atoms with E-state index in [2.05, 4.69) is 17.2 Å². The van der Waals surface area contributed by atoms with E-state index in [-0.39, 0.29) is 11.8 Å². The zero-order chi connectivity index (χ0) is 13.0. The fraction of sp³-hybridized carbons (Fsp3) is 0.692. The first-order valence-corrected chi connectivity index (χ1v) is 6.70. The summed E-state index contributed by atoms with van der Waals surface area (Å²) in [6.45, 7) is 3.64. The molecule has 0 aliphatic heterocycles. The molecule has 2 N–H and O–H groups in total. The normalized spacial score (nSPS) is 23.8. The van der Waals surface area contributed by atoms with Crippen molar-refractivity contribution in [1.29, 1.82) is 0 Å². The Bertz CT molecular complexity index is 403. The molecule has 2 atom stereocenters. The minimum absolute atomic E-state index is 0.198. The van der Waals surface area contributed by atoms with E-state index in [0.717, 1.165) is 38.2 Å². The number of aryl methyl sites for hydroxylation is 1. The van der Waals surface area contributed by atoms with Crippen LogP contribution in [0.4, 0.5) is 5.95 Å². The molecule has 1 fully saturated rings. The van der Waals surface area contributed by atoms with Gasteiger partial charge in [-0.05, 0) is 25.7 Å². The van der Waals surface area contributed by atoms with Crippen molar-refractivity contribution in [3.8, 4) is 0 Å². The van der Waals surface area contributed by atoms with Crippen molar-refractivity contribution < 1.29 is 9.90 Å². The zero-order valence-electron chi connectivity index (χ0n) is 10.8. The average Bonchev–Trinajstić information content (AvgIpc) is 2.84. The third kappa shape index (κ3) is 2.83. The lowest BCUT2D eigenvalue weighted by molar-refractivity contribution is -0.144. The fourth-order valence-corrected chi connectivity index (χ4v) is 2.73. The number of hydrogen-bond acceptors (Lipinski definition) is 3. The van der Waals surface area contributed by atoms with Crippen LogP contribution in [0.1, 0.15) is 32.6 Å². The fourth-order valence-electron chi connectivity index (χ4n) is 2.73. The van der Waals surface area contributed by atoms with E-state index in [1.54, 1.807) is 6.20 Å². The van der Waals surface area contributed by atoms with Crippen molar-refractivity contribution >= 4 is 11.9 Å². The van der Waals surface area contributed by atoms with Crippen LogP contribution in [0, 0.1) is 11.8 Å². The van der Waals surface area contributed by atoms with Gasteiger partial charge in [0.2, 0.25) is 5.95 Å². The van der Waals surface area contributed by atoms with Crippen molar-refractivity contribution in [1.82, 2.24) is 9.55 Å². The number of carboxylic acid groups (broad SMARTS) is 1. The highest BCUT2D eigenvalue weighted by Crippen LogP contribution is 2.30. The van der Waals surface area contributed by atoms with Gasteiger partial charge in [-0.1, -0.05) is 12.8 Å². The summed E-state index contributed by atoms with van der Waals surface area (Å²) in [4.78, 5) is 15.4. The number of imidazole rings is 1. The summed E-state index contributed by atoms with van der Waals surface area (Å²) in [6.07, 6.45) is 7.68. The third-order valence-corrected chi connectivity index (χ3v) is 3.80. The standard InChI is InChI=1S/C13H21N3O2/c1-2-16-8-7-14-13(16)15-9-10-5-3-4-6-11(10)12(17)18/h7-8,10-11H,2-6,9H2,1H3,(H,14,15)(H,17,18). The van der Waals surface area contributed by atoms with Crippen LogP contribution in [0.5, 0.6) is 0 Å². The Labute approximate surface area is 107 Å². The Morgan fingerprint density at radius 2 is 2.33 bits per heavy atom. The van der Waals surface area contributed by atoms with Crippen LogP contribution in [-0.4, -0.2) is 27.2 Å². The predicted molar refractivity (Wildman–Crippen MR) is 69.5 cm³/mol. The summed E-state index contributed by atoms with van der Waals surface area (Å²) in [5.41, 5.74) is 0. The van der Waals surface area contributed by atoms with Gasteiger partial charge in [0.05, 0.1) is 5.92 Å². The number of aromatic nitrogens is 2. The maximum Gasteiger partial charge on any atom is 0.306 e. The van der Waals surface area contributed by atoms with Gasteiger partial charge in [0.15, 0.2) is 0 Å². The third-order valence-electron chi connectivity index (χ3n) is 3.80. The Balaban J connectivity index is 1.94. The highest BCUT2D eigenvalue weighted by Gasteiger charge is 2.30. The number of carbonyl (C=O) groups is 1. The summed E-state index contributed by atoms with van der Waals surface area (Å²) in [7, 11) is 0. The molecule has 1 aliphatic rings. The quantitative estimate of drug-likeness (QED) is 0.842. The molecular formula is C13H21N3O2. The van der Waals surface area contributed by atoms with E-state index in [1.807, 2.05) is 10.8 Å². The average molecular weight is 251 g/mol. The molecule has 100 valence electrons. The molecule has 0 bridgehead atoms. The number of anilines is 1. The minimum atomic E-state index is -0.652. The van der Waals surface area contributed by atoms with Gasteiger partial charge in [-0.3, -0.25) is 4.79 Å². The molecule has 0 radical (unpaired) electrons. The van der Waals surface area contributed by atoms with Gasteiger partial charge in [0.1, 0.15) is 0 Å². The zero-order valence-corrected chi connectivity index (χ0v) is 10.8. The molecule has 2 rings (SSSR count). The van der Waals surface area contributed by atoms with Crippen molar-refractivity contribution in [3.63, 3.8) is 0 Å². The van der Waals surface area contributed by atoms with E-state index in [1.165, 1.54) is 0 Å². The van der Waals surface area contributed by atoms with E-state index in [9.17, 15) is 9.90 Å². The van der Waals surface area contributed by atoms with E-state index >= 15 is 0 Å². The lowest BCUT2D eigenvalue weighted by atomic mass is 9.79. The number of aliphatic carboxylic acids is 1. The van der Waals surface area contributed by atoms with E-state index in [0.29, 0.717) is 6.54 Å². The van der Waals surface area contributed by atoms with Gasteiger partial charge in [-0.25, -0.2) is 4.98 Å². The number of nitrogens with one attached hydrogen (secondary N) is 1. The molecule has 0 saturated heterocycles. The number of carboxylic acids is 1. The topological polar surface area (TPSA) is 67.2 Å². The SMILES string of the molecule is CCn1ccnc1NCC1CCCCC1C(=O)O. The van der Waals surface area contributed by atoms with Crippen LogP contribution >= 0.6 is 0 Å². The van der Waals surface area contributed by atoms with Gasteiger partial charge < -0.3 is 15.0 Å². The van der Waals surface area contributed by atoms with E-state index in [4.69, 9.17) is 0 Å². The molecule has 0 amide bonds. The summed E-state index contributed by atoms with van der Waals surface area (Å²) in [5, 5.41) is 12.5. The summed E-state index contributed by atoms with van der Waals surface area (Å²) in [5.74, 6) is 0.210. The van der Waals surface area contributed by atoms with Gasteiger partial charge >= 0.3 is 5.97 Å². The lowest BCUT2D eigenvalue weighted by Crippen LogP contribution is -2.32. The molecule has 1 aromatic rings. The first-order chi connectivity index (χ1) is 8.72. The highest BCUT2D eigenvalue weighted by atomic mass is 16.4. The Morgan fingerprint density at radius 3 is 3.06 bits per heavy atom. The Hall–Kier alpha value is -1.52. The van der Waals surface area contributed by atoms with Crippen LogP contribution < -0.4 is 5.32 Å². The summed E-state index contributed by atoms with van der Waals surface area (Å²) >= 11 is 0. The largest absolute Gasteiger partial charge is 0.481 e. The highest BCUT2D eigenvalue weighted by molar-refractivity contribution is 5.70. The minimum Gasteiger partial charge on any atom is -0.481 e. The van der Waals surface area contributed by atoms with E-state index < -0.39 is 5.97 Å². The Morgan fingerprint density at radius 1 is 1.56 bits per heavy atom. The van der Waals surface area contributed by atoms with Crippen LogP contribution in [0.3, 0.4) is 0 Å². The second-order valence-electron chi connectivity index (χ2n) is 4.91. The van der Waals surface area contributed by atoms with Crippen LogP contribution in [-0.2, 0) is 11.3 Å². The molecule has 2 unspecified atom stereocenters. The second kappa shape index (κ2) is 5.89. The predicted octanol–water partition coefficient (Wildman–Crippen LogP) is 2.21. The monoisotopic (exact) mass is 251 g/mol. The van der Waals surface area contributed by atoms with Crippen molar-refractivity contribution in [2.24, 2.45) is 11.8 Å². The molecule has 5 heteroatoms.